The number of hydrogen-bond donors (Lipinski definition) is 2. The van der Waals surface area contributed by atoms with Gasteiger partial charge in [-0.15, -0.1) is 0 Å². The van der Waals surface area contributed by atoms with Crippen LogP contribution in [0.15, 0.2) is 30.3 Å². The van der Waals surface area contributed by atoms with Crippen LogP contribution in [-0.2, 0) is 13.5 Å². The van der Waals surface area contributed by atoms with Crippen molar-refractivity contribution in [2.75, 3.05) is 18.8 Å². The van der Waals surface area contributed by atoms with Crippen LogP contribution in [0.25, 0.3) is 10.9 Å². The third-order valence-corrected chi connectivity index (χ3v) is 7.74. The molecule has 182 valence electrons. The summed E-state index contributed by atoms with van der Waals surface area (Å²) in [6, 6.07) is 9.57. The van der Waals surface area contributed by atoms with Gasteiger partial charge >= 0.3 is 0 Å². The third kappa shape index (κ3) is 5.07. The Morgan fingerprint density at radius 1 is 1.18 bits per heavy atom. The van der Waals surface area contributed by atoms with E-state index in [0.717, 1.165) is 52.7 Å². The fourth-order valence-electron chi connectivity index (χ4n) is 5.18. The number of amides is 1. The Morgan fingerprint density at radius 3 is 2.50 bits per heavy atom. The number of carbonyl (C=O) groups excluding carboxylic acids is 1. The molecule has 2 aromatic carbocycles. The molecular weight excluding hydrogens is 469 g/mol. The van der Waals surface area contributed by atoms with Crippen LogP contribution in [0, 0.1) is 12.8 Å². The zero-order chi connectivity index (χ0) is 24.8. The molecule has 34 heavy (non-hydrogen) atoms. The monoisotopic (exact) mass is 501 g/mol. The minimum atomic E-state index is -0.683. The van der Waals surface area contributed by atoms with E-state index in [1.807, 2.05) is 44.9 Å². The van der Waals surface area contributed by atoms with E-state index in [-0.39, 0.29) is 5.91 Å². The lowest BCUT2D eigenvalue weighted by Gasteiger charge is -2.34. The van der Waals surface area contributed by atoms with Crippen LogP contribution in [0.4, 0.5) is 5.69 Å². The maximum Gasteiger partial charge on any atom is 0.255 e. The van der Waals surface area contributed by atoms with Crippen molar-refractivity contribution >= 4 is 45.7 Å². The normalized spacial score (nSPS) is 15.3. The third-order valence-electron chi connectivity index (χ3n) is 6.95. The maximum atomic E-state index is 13.3. The van der Waals surface area contributed by atoms with Crippen LogP contribution >= 0.6 is 23.2 Å². The summed E-state index contributed by atoms with van der Waals surface area (Å²) in [6.07, 6.45) is 3.02. The van der Waals surface area contributed by atoms with E-state index in [0.29, 0.717) is 41.0 Å². The highest BCUT2D eigenvalue weighted by Gasteiger charge is 2.29. The lowest BCUT2D eigenvalue weighted by molar-refractivity contribution is 0.0358. The molecule has 2 heterocycles. The van der Waals surface area contributed by atoms with Crippen LogP contribution in [0.5, 0.6) is 0 Å². The number of aliphatic hydroxyl groups is 1. The molecule has 1 aliphatic heterocycles. The van der Waals surface area contributed by atoms with Crippen molar-refractivity contribution in [3.05, 3.63) is 62.8 Å². The predicted octanol–water partition coefficient (Wildman–Crippen LogP) is 5.98. The lowest BCUT2D eigenvalue weighted by Crippen LogP contribution is -2.40. The molecule has 5 nitrogen and oxygen atoms in total. The number of nitrogens with zero attached hydrogens (tertiary/aromatic N) is 2. The Hall–Kier alpha value is -2.21. The maximum absolute atomic E-state index is 13.3. The van der Waals surface area contributed by atoms with E-state index in [2.05, 4.69) is 10.6 Å². The number of nitrogen functional groups attached to an aromatic ring is 1. The molecule has 1 saturated heterocycles. The molecular formula is C27H33Cl2N3O2. The second-order valence-corrected chi connectivity index (χ2v) is 11.1. The zero-order valence-corrected chi connectivity index (χ0v) is 21.8. The Labute approximate surface area is 211 Å². The molecule has 0 unspecified atom stereocenters. The Bertz CT molecular complexity index is 1240. The highest BCUT2D eigenvalue weighted by molar-refractivity contribution is 6.38. The first-order valence-electron chi connectivity index (χ1n) is 11.8. The molecule has 4 rings (SSSR count). The molecule has 0 aliphatic carbocycles. The first kappa shape index (κ1) is 24.9. The summed E-state index contributed by atoms with van der Waals surface area (Å²) in [6.45, 7) is 7.05. The second kappa shape index (κ2) is 9.44. The molecule has 1 amide bonds. The van der Waals surface area contributed by atoms with Crippen LogP contribution in [0.3, 0.4) is 0 Å². The van der Waals surface area contributed by atoms with Crippen molar-refractivity contribution in [2.45, 2.75) is 52.1 Å². The van der Waals surface area contributed by atoms with Crippen molar-refractivity contribution in [3.8, 4) is 0 Å². The fourth-order valence-corrected chi connectivity index (χ4v) is 5.77. The van der Waals surface area contributed by atoms with E-state index < -0.39 is 5.60 Å². The number of piperidine rings is 1. The van der Waals surface area contributed by atoms with E-state index >= 15 is 0 Å². The Balaban J connectivity index is 1.57. The summed E-state index contributed by atoms with van der Waals surface area (Å²) < 4.78 is 2.10. The standard InChI is InChI=1S/C27H33Cl2N3O2/c1-16-11-18(30)12-24-21(16)13-19(31(24)4)14-22-23(28)6-5-20(25(22)29)26(33)32-9-7-17(8-10-32)15-27(2,3)34/h5-6,11-13,17,34H,7-10,14-15,30H2,1-4H3. The quantitative estimate of drug-likeness (QED) is 0.422. The number of aryl methyl sites for hydroxylation is 2. The number of hydrogen-bond acceptors (Lipinski definition) is 3. The van der Waals surface area contributed by atoms with Crippen molar-refractivity contribution < 1.29 is 9.90 Å². The fraction of sp³-hybridized carbons (Fsp3) is 0.444. The highest BCUT2D eigenvalue weighted by Crippen LogP contribution is 2.34. The summed E-state index contributed by atoms with van der Waals surface area (Å²) >= 11 is 13.4. The number of rotatable bonds is 5. The van der Waals surface area contributed by atoms with Gasteiger partial charge in [-0.2, -0.15) is 0 Å². The van der Waals surface area contributed by atoms with Gasteiger partial charge in [-0.3, -0.25) is 4.79 Å². The number of nitrogens with two attached hydrogens (primary N) is 1. The number of benzene rings is 2. The zero-order valence-electron chi connectivity index (χ0n) is 20.3. The first-order chi connectivity index (χ1) is 15.9. The van der Waals surface area contributed by atoms with Gasteiger partial charge in [-0.25, -0.2) is 0 Å². The van der Waals surface area contributed by atoms with Crippen molar-refractivity contribution in [1.29, 1.82) is 0 Å². The van der Waals surface area contributed by atoms with E-state index in [1.54, 1.807) is 12.1 Å². The lowest BCUT2D eigenvalue weighted by atomic mass is 9.86. The molecule has 3 N–H and O–H groups in total. The van der Waals surface area contributed by atoms with Gasteiger partial charge in [-0.1, -0.05) is 23.2 Å². The number of halogens is 2. The van der Waals surface area contributed by atoms with Crippen LogP contribution < -0.4 is 5.73 Å². The number of likely N-dealkylation sites (tertiary alicyclic amines) is 1. The number of fused-ring (bicyclic) bond motifs is 1. The number of carbonyl (C=O) groups is 1. The Morgan fingerprint density at radius 2 is 1.85 bits per heavy atom. The number of anilines is 1. The number of aromatic nitrogens is 1. The molecule has 0 radical (unpaired) electrons. The smallest absolute Gasteiger partial charge is 0.255 e. The van der Waals surface area contributed by atoms with Gasteiger partial charge in [0.25, 0.3) is 5.91 Å². The van der Waals surface area contributed by atoms with Gasteiger partial charge in [0, 0.05) is 48.3 Å². The molecule has 1 aromatic heterocycles. The minimum absolute atomic E-state index is 0.0646. The molecule has 7 heteroatoms. The van der Waals surface area contributed by atoms with Crippen molar-refractivity contribution in [2.24, 2.45) is 13.0 Å². The molecule has 0 atom stereocenters. The molecule has 0 spiro atoms. The van der Waals surface area contributed by atoms with Gasteiger partial charge in [0.1, 0.15) is 0 Å². The van der Waals surface area contributed by atoms with Gasteiger partial charge < -0.3 is 20.3 Å². The first-order valence-corrected chi connectivity index (χ1v) is 12.5. The molecule has 1 fully saturated rings. The predicted molar refractivity (Wildman–Crippen MR) is 141 cm³/mol. The average Bonchev–Trinajstić information content (AvgIpc) is 3.06. The molecule has 1 aliphatic rings. The van der Waals surface area contributed by atoms with E-state index in [1.165, 1.54) is 0 Å². The summed E-state index contributed by atoms with van der Waals surface area (Å²) in [5.41, 5.74) is 10.6. The van der Waals surface area contributed by atoms with Gasteiger partial charge in [0.2, 0.25) is 0 Å². The summed E-state index contributed by atoms with van der Waals surface area (Å²) in [5.74, 6) is 0.356. The van der Waals surface area contributed by atoms with E-state index in [4.69, 9.17) is 28.9 Å². The molecule has 0 saturated carbocycles. The van der Waals surface area contributed by atoms with Crippen molar-refractivity contribution in [1.82, 2.24) is 9.47 Å². The van der Waals surface area contributed by atoms with Crippen molar-refractivity contribution in [3.63, 3.8) is 0 Å². The second-order valence-electron chi connectivity index (χ2n) is 10.3. The SMILES string of the molecule is Cc1cc(N)cc2c1cc(Cc1c(Cl)ccc(C(=O)N3CCC(CC(C)(C)O)CC3)c1Cl)n2C. The Kier molecular flexibility index (Phi) is 6.92. The molecule has 0 bridgehead atoms. The van der Waals surface area contributed by atoms with Gasteiger partial charge in [0.05, 0.1) is 21.7 Å². The highest BCUT2D eigenvalue weighted by atomic mass is 35.5. The topological polar surface area (TPSA) is 71.5 Å². The van der Waals surface area contributed by atoms with Gasteiger partial charge in [-0.05, 0) is 87.4 Å². The van der Waals surface area contributed by atoms with Gasteiger partial charge in [0.15, 0.2) is 0 Å². The van der Waals surface area contributed by atoms with Crippen LogP contribution in [-0.4, -0.2) is 39.2 Å². The minimum Gasteiger partial charge on any atom is -0.399 e. The van der Waals surface area contributed by atoms with Crippen LogP contribution in [0.1, 0.15) is 60.3 Å². The summed E-state index contributed by atoms with van der Waals surface area (Å²) in [7, 11) is 2.01. The van der Waals surface area contributed by atoms with Crippen LogP contribution in [0.2, 0.25) is 10.0 Å². The summed E-state index contributed by atoms with van der Waals surface area (Å²) in [5, 5.41) is 12.2. The average molecular weight is 502 g/mol. The summed E-state index contributed by atoms with van der Waals surface area (Å²) in [4.78, 5) is 15.2. The molecule has 3 aromatic rings. The largest absolute Gasteiger partial charge is 0.399 e. The van der Waals surface area contributed by atoms with E-state index in [9.17, 15) is 9.90 Å².